The number of amides is 1. The Labute approximate surface area is 163 Å². The fourth-order valence-corrected chi connectivity index (χ4v) is 4.80. The molecule has 3 heteroatoms. The van der Waals surface area contributed by atoms with Crippen LogP contribution in [0.4, 0.5) is 0 Å². The summed E-state index contributed by atoms with van der Waals surface area (Å²) in [6.45, 7) is 5.14. The van der Waals surface area contributed by atoms with Crippen LogP contribution in [-0.2, 0) is 0 Å². The summed E-state index contributed by atoms with van der Waals surface area (Å²) in [6, 6.07) is 20.1. The van der Waals surface area contributed by atoms with Crippen LogP contribution < -0.4 is 5.32 Å². The number of hydrogen-bond acceptors (Lipinski definition) is 2. The number of carbonyl (C=O) groups is 1. The summed E-state index contributed by atoms with van der Waals surface area (Å²) in [4.78, 5) is 15.4. The lowest BCUT2D eigenvalue weighted by Gasteiger charge is -2.57. The molecule has 0 radical (unpaired) electrons. The predicted octanol–water partition coefficient (Wildman–Crippen LogP) is 5.06. The fraction of sp³-hybridized carbons (Fsp3) is 0.458. The fourth-order valence-electron chi connectivity index (χ4n) is 4.80. The zero-order valence-corrected chi connectivity index (χ0v) is 16.8. The average Bonchev–Trinajstić information content (AvgIpc) is 2.75. The molecule has 27 heavy (non-hydrogen) atoms. The smallest absolute Gasteiger partial charge is 0.251 e. The van der Waals surface area contributed by atoms with Gasteiger partial charge in [0.2, 0.25) is 0 Å². The van der Waals surface area contributed by atoms with Gasteiger partial charge in [0.15, 0.2) is 0 Å². The molecule has 2 saturated heterocycles. The Morgan fingerprint density at radius 1 is 1.00 bits per heavy atom. The number of hydrogen-bond donors (Lipinski definition) is 1. The van der Waals surface area contributed by atoms with E-state index in [1.54, 1.807) is 0 Å². The third kappa shape index (κ3) is 3.93. The molecule has 3 fully saturated rings. The third-order valence-corrected chi connectivity index (χ3v) is 6.24. The zero-order chi connectivity index (χ0) is 19.3. The summed E-state index contributed by atoms with van der Waals surface area (Å²) in [5, 5.41) is 3.39. The van der Waals surface area contributed by atoms with Crippen LogP contribution in [0.25, 0.3) is 0 Å². The van der Waals surface area contributed by atoms with E-state index in [0.29, 0.717) is 0 Å². The minimum atomic E-state index is 0.0184. The lowest BCUT2D eigenvalue weighted by atomic mass is 9.66. The van der Waals surface area contributed by atoms with Gasteiger partial charge in [0.05, 0.1) is 6.04 Å². The molecule has 3 aliphatic rings. The maximum atomic E-state index is 12.9. The minimum Gasteiger partial charge on any atom is -0.343 e. The van der Waals surface area contributed by atoms with Crippen molar-refractivity contribution >= 4 is 5.91 Å². The lowest BCUT2D eigenvalue weighted by molar-refractivity contribution is -0.0404. The molecule has 1 unspecified atom stereocenters. The van der Waals surface area contributed by atoms with Crippen molar-refractivity contribution in [3.63, 3.8) is 0 Å². The van der Waals surface area contributed by atoms with Crippen LogP contribution in [0.5, 0.6) is 0 Å². The number of carbonyl (C=O) groups excluding carboxylic acids is 1. The van der Waals surface area contributed by atoms with E-state index in [9.17, 15) is 4.79 Å². The van der Waals surface area contributed by atoms with E-state index in [2.05, 4.69) is 41.5 Å². The van der Waals surface area contributed by atoms with E-state index in [1.807, 2.05) is 50.2 Å². The van der Waals surface area contributed by atoms with Crippen LogP contribution in [0.2, 0.25) is 0 Å². The highest BCUT2D eigenvalue weighted by Crippen LogP contribution is 2.48. The SMILES string of the molecule is CC.CN1CC2CCC1(C(NC(=O)c1ccccc1)c1ccccc1)CC2. The molecule has 1 saturated carbocycles. The van der Waals surface area contributed by atoms with Crippen molar-refractivity contribution in [1.29, 1.82) is 0 Å². The van der Waals surface area contributed by atoms with E-state index in [-0.39, 0.29) is 17.5 Å². The molecular formula is C24H32N2O. The van der Waals surface area contributed by atoms with Gasteiger partial charge >= 0.3 is 0 Å². The maximum absolute atomic E-state index is 12.9. The number of nitrogens with one attached hydrogen (secondary N) is 1. The molecule has 1 aliphatic carbocycles. The van der Waals surface area contributed by atoms with Crippen molar-refractivity contribution in [1.82, 2.24) is 10.2 Å². The molecule has 1 atom stereocenters. The second kappa shape index (κ2) is 8.71. The van der Waals surface area contributed by atoms with E-state index in [1.165, 1.54) is 18.4 Å². The number of piperidine rings is 2. The highest BCUT2D eigenvalue weighted by Gasteiger charge is 2.50. The summed E-state index contributed by atoms with van der Waals surface area (Å²) < 4.78 is 0. The first-order valence-electron chi connectivity index (χ1n) is 10.3. The molecule has 1 amide bonds. The number of rotatable bonds is 4. The third-order valence-electron chi connectivity index (χ3n) is 6.24. The van der Waals surface area contributed by atoms with Gasteiger partial charge in [-0.2, -0.15) is 0 Å². The van der Waals surface area contributed by atoms with Crippen LogP contribution in [0.1, 0.15) is 61.5 Å². The molecule has 2 bridgehead atoms. The molecule has 0 spiro atoms. The van der Waals surface area contributed by atoms with E-state index in [0.717, 1.165) is 30.9 Å². The molecule has 2 heterocycles. The Morgan fingerprint density at radius 2 is 1.56 bits per heavy atom. The number of fused-ring (bicyclic) bond motifs is 3. The lowest BCUT2D eigenvalue weighted by Crippen LogP contribution is -2.62. The Bertz CT molecular complexity index is 721. The van der Waals surface area contributed by atoms with Crippen molar-refractivity contribution in [2.75, 3.05) is 13.6 Å². The Hall–Kier alpha value is -2.13. The summed E-state index contributed by atoms with van der Waals surface area (Å²) in [5.74, 6) is 0.845. The van der Waals surface area contributed by atoms with Crippen molar-refractivity contribution in [2.24, 2.45) is 5.92 Å². The van der Waals surface area contributed by atoms with Crippen molar-refractivity contribution < 1.29 is 4.79 Å². The molecular weight excluding hydrogens is 332 g/mol. The number of likely N-dealkylation sites (N-methyl/N-ethyl adjacent to an activating group) is 1. The van der Waals surface area contributed by atoms with Crippen LogP contribution in [0.15, 0.2) is 60.7 Å². The van der Waals surface area contributed by atoms with Gasteiger partial charge in [-0.1, -0.05) is 62.4 Å². The maximum Gasteiger partial charge on any atom is 0.251 e. The quantitative estimate of drug-likeness (QED) is 0.822. The normalized spacial score (nSPS) is 25.2. The van der Waals surface area contributed by atoms with Gasteiger partial charge in [0.25, 0.3) is 5.91 Å². The Kier molecular flexibility index (Phi) is 6.33. The monoisotopic (exact) mass is 364 g/mol. The second-order valence-electron chi connectivity index (χ2n) is 7.61. The number of nitrogens with zero attached hydrogens (tertiary/aromatic N) is 1. The highest BCUT2D eigenvalue weighted by molar-refractivity contribution is 5.94. The summed E-state index contributed by atoms with van der Waals surface area (Å²) in [6.07, 6.45) is 4.86. The molecule has 1 N–H and O–H groups in total. The van der Waals surface area contributed by atoms with Gasteiger partial charge in [-0.25, -0.2) is 0 Å². The first-order chi connectivity index (χ1) is 13.2. The largest absolute Gasteiger partial charge is 0.343 e. The van der Waals surface area contributed by atoms with Gasteiger partial charge in [-0.05, 0) is 56.3 Å². The molecule has 2 aliphatic heterocycles. The van der Waals surface area contributed by atoms with E-state index >= 15 is 0 Å². The summed E-state index contributed by atoms with van der Waals surface area (Å²) >= 11 is 0. The number of benzene rings is 2. The van der Waals surface area contributed by atoms with Gasteiger partial charge in [0.1, 0.15) is 0 Å². The van der Waals surface area contributed by atoms with Crippen molar-refractivity contribution in [3.05, 3.63) is 71.8 Å². The Balaban J connectivity index is 0.00000102. The minimum absolute atomic E-state index is 0.0184. The predicted molar refractivity (Wildman–Crippen MR) is 112 cm³/mol. The van der Waals surface area contributed by atoms with Gasteiger partial charge in [-0.3, -0.25) is 9.69 Å². The van der Waals surface area contributed by atoms with Crippen LogP contribution >= 0.6 is 0 Å². The van der Waals surface area contributed by atoms with Crippen LogP contribution in [0.3, 0.4) is 0 Å². The summed E-state index contributed by atoms with van der Waals surface area (Å²) in [5.41, 5.74) is 1.96. The topological polar surface area (TPSA) is 32.3 Å². The molecule has 2 aromatic carbocycles. The molecule has 3 nitrogen and oxygen atoms in total. The van der Waals surface area contributed by atoms with Crippen LogP contribution in [0, 0.1) is 5.92 Å². The van der Waals surface area contributed by atoms with Gasteiger partial charge < -0.3 is 5.32 Å². The zero-order valence-electron chi connectivity index (χ0n) is 16.8. The van der Waals surface area contributed by atoms with Gasteiger partial charge in [0, 0.05) is 17.6 Å². The molecule has 2 aromatic rings. The summed E-state index contributed by atoms with van der Waals surface area (Å²) in [7, 11) is 2.23. The standard InChI is InChI=1S/C22H26N2O.C2H6/c1-24-16-17-12-14-22(24,15-13-17)20(18-8-4-2-5-9-18)23-21(25)19-10-6-3-7-11-19;1-2/h2-11,17,20H,12-16H2,1H3,(H,23,25);1-2H3. The first kappa shape index (κ1) is 19.6. The van der Waals surface area contributed by atoms with Crippen molar-refractivity contribution in [3.8, 4) is 0 Å². The molecule has 144 valence electrons. The first-order valence-corrected chi connectivity index (χ1v) is 10.3. The van der Waals surface area contributed by atoms with Crippen molar-refractivity contribution in [2.45, 2.75) is 51.1 Å². The molecule has 0 aromatic heterocycles. The van der Waals surface area contributed by atoms with E-state index in [4.69, 9.17) is 0 Å². The highest BCUT2D eigenvalue weighted by atomic mass is 16.1. The second-order valence-corrected chi connectivity index (χ2v) is 7.61. The molecule has 5 rings (SSSR count). The van der Waals surface area contributed by atoms with E-state index < -0.39 is 0 Å². The van der Waals surface area contributed by atoms with Crippen LogP contribution in [-0.4, -0.2) is 29.9 Å². The average molecular weight is 365 g/mol. The van der Waals surface area contributed by atoms with Gasteiger partial charge in [-0.15, -0.1) is 0 Å². The Morgan fingerprint density at radius 3 is 2.11 bits per heavy atom.